The third-order valence-corrected chi connectivity index (χ3v) is 9.42. The fourth-order valence-corrected chi connectivity index (χ4v) is 5.30. The second-order valence-corrected chi connectivity index (χ2v) is 10.4. The lowest BCUT2D eigenvalue weighted by molar-refractivity contribution is -0.113. The molecule has 0 saturated carbocycles. The predicted molar refractivity (Wildman–Crippen MR) is 94.6 cm³/mol. The minimum atomic E-state index is -1.22. The molecule has 0 fully saturated rings. The first-order valence-electron chi connectivity index (χ1n) is 7.75. The number of aryl methyl sites for hydroxylation is 1. The van der Waals surface area contributed by atoms with Crippen LogP contribution >= 0.6 is 7.26 Å². The Kier molecular flexibility index (Phi) is 7.02. The number of anilines is 1. The van der Waals surface area contributed by atoms with E-state index in [-0.39, 0.29) is 5.91 Å². The van der Waals surface area contributed by atoms with Gasteiger partial charge in [-0.25, -0.2) is 4.79 Å². The molecule has 0 aliphatic rings. The molecule has 0 unspecified atom stereocenters. The summed E-state index contributed by atoms with van der Waals surface area (Å²) in [5.41, 5.74) is 1.84. The van der Waals surface area contributed by atoms with E-state index >= 15 is 0 Å². The van der Waals surface area contributed by atoms with E-state index < -0.39 is 13.2 Å². The number of para-hydroxylation sites is 1. The Bertz CT molecular complexity index is 530. The van der Waals surface area contributed by atoms with Gasteiger partial charge < -0.3 is 10.1 Å². The smallest absolute Gasteiger partial charge is 0.339 e. The summed E-state index contributed by atoms with van der Waals surface area (Å²) < 4.78 is 4.79. The van der Waals surface area contributed by atoms with Gasteiger partial charge in [0.15, 0.2) is 0 Å². The van der Waals surface area contributed by atoms with Crippen LogP contribution in [0.3, 0.4) is 0 Å². The Morgan fingerprint density at radius 2 is 1.73 bits per heavy atom. The molecule has 5 heteroatoms. The lowest BCUT2D eigenvalue weighted by Crippen LogP contribution is -2.23. The molecule has 0 bridgehead atoms. The standard InChI is InChI=1S/C17H26NO3P/c1-6-22(7-2,8-3)12-15(19)18-16-13(4)10-9-11-14(16)17(20)21-5/h9-11H,6-8,12H2,1-5H3/p+1. The molecule has 22 heavy (non-hydrogen) atoms. The van der Waals surface area contributed by atoms with Gasteiger partial charge in [-0.2, -0.15) is 0 Å². The fraction of sp³-hybridized carbons (Fsp3) is 0.529. The minimum absolute atomic E-state index is 0.00154. The van der Waals surface area contributed by atoms with Crippen LogP contribution in [0.15, 0.2) is 18.2 Å². The highest BCUT2D eigenvalue weighted by Gasteiger charge is 2.34. The maximum Gasteiger partial charge on any atom is 0.339 e. The van der Waals surface area contributed by atoms with Crippen molar-refractivity contribution in [3.8, 4) is 0 Å². The Balaban J connectivity index is 3.00. The molecule has 0 spiro atoms. The third kappa shape index (κ3) is 4.30. The highest BCUT2D eigenvalue weighted by molar-refractivity contribution is 7.76. The van der Waals surface area contributed by atoms with Gasteiger partial charge in [-0.05, 0) is 39.3 Å². The monoisotopic (exact) mass is 324 g/mol. The summed E-state index contributed by atoms with van der Waals surface area (Å²) in [6.45, 7) is 8.38. The maximum absolute atomic E-state index is 12.5. The van der Waals surface area contributed by atoms with Crippen LogP contribution in [-0.4, -0.2) is 43.6 Å². The van der Waals surface area contributed by atoms with E-state index in [0.29, 0.717) is 17.4 Å². The first-order chi connectivity index (χ1) is 10.4. The van der Waals surface area contributed by atoms with Crippen LogP contribution < -0.4 is 5.32 Å². The molecule has 4 nitrogen and oxygen atoms in total. The normalized spacial score (nSPS) is 11.1. The van der Waals surface area contributed by atoms with Crippen LogP contribution in [0.1, 0.15) is 36.7 Å². The molecule has 0 aliphatic carbocycles. The molecule has 0 radical (unpaired) electrons. The number of ether oxygens (including phenoxy) is 1. The SMILES string of the molecule is CC[P+](CC)(CC)CC(=O)Nc1c(C)cccc1C(=O)OC. The largest absolute Gasteiger partial charge is 0.465 e. The number of nitrogens with one attached hydrogen (secondary N) is 1. The van der Waals surface area contributed by atoms with Crippen molar-refractivity contribution in [3.63, 3.8) is 0 Å². The molecule has 1 aromatic carbocycles. The second-order valence-electron chi connectivity index (χ2n) is 5.49. The molecule has 122 valence electrons. The van der Waals surface area contributed by atoms with Gasteiger partial charge in [-0.15, -0.1) is 0 Å². The average Bonchev–Trinajstić information content (AvgIpc) is 2.54. The molecule has 0 saturated heterocycles. The van der Waals surface area contributed by atoms with Gasteiger partial charge in [0, 0.05) is 7.26 Å². The molecular formula is C17H27NO3P+. The number of esters is 1. The van der Waals surface area contributed by atoms with Crippen LogP contribution in [0.5, 0.6) is 0 Å². The number of methoxy groups -OCH3 is 1. The van der Waals surface area contributed by atoms with Gasteiger partial charge in [-0.3, -0.25) is 4.79 Å². The molecule has 0 aromatic heterocycles. The van der Waals surface area contributed by atoms with Gasteiger partial charge in [0.1, 0.15) is 6.16 Å². The van der Waals surface area contributed by atoms with Crippen LogP contribution in [-0.2, 0) is 9.53 Å². The van der Waals surface area contributed by atoms with Crippen molar-refractivity contribution in [1.82, 2.24) is 0 Å². The first kappa shape index (κ1) is 18.6. The number of amides is 1. The number of carbonyl (C=O) groups is 2. The van der Waals surface area contributed by atoms with E-state index in [9.17, 15) is 9.59 Å². The average molecular weight is 324 g/mol. The maximum atomic E-state index is 12.5. The van der Waals surface area contributed by atoms with Crippen molar-refractivity contribution in [1.29, 1.82) is 0 Å². The molecule has 1 N–H and O–H groups in total. The summed E-state index contributed by atoms with van der Waals surface area (Å²) in [4.78, 5) is 24.3. The van der Waals surface area contributed by atoms with Crippen molar-refractivity contribution in [3.05, 3.63) is 29.3 Å². The molecule has 1 aromatic rings. The van der Waals surface area contributed by atoms with E-state index in [0.717, 1.165) is 24.0 Å². The van der Waals surface area contributed by atoms with Crippen LogP contribution in [0.4, 0.5) is 5.69 Å². The van der Waals surface area contributed by atoms with E-state index in [1.807, 2.05) is 13.0 Å². The number of rotatable bonds is 7. The summed E-state index contributed by atoms with van der Waals surface area (Å²) in [6, 6.07) is 5.35. The van der Waals surface area contributed by atoms with Crippen LogP contribution in [0.25, 0.3) is 0 Å². The number of benzene rings is 1. The minimum Gasteiger partial charge on any atom is -0.465 e. The summed E-state index contributed by atoms with van der Waals surface area (Å²) in [6.07, 6.45) is 3.80. The van der Waals surface area contributed by atoms with Gasteiger partial charge in [-0.1, -0.05) is 12.1 Å². The van der Waals surface area contributed by atoms with Crippen molar-refractivity contribution < 1.29 is 14.3 Å². The van der Waals surface area contributed by atoms with Gasteiger partial charge in [0.25, 0.3) is 5.91 Å². The molecule has 0 aliphatic heterocycles. The Labute approximate surface area is 134 Å². The predicted octanol–water partition coefficient (Wildman–Crippen LogP) is 3.80. The summed E-state index contributed by atoms with van der Waals surface area (Å²) in [7, 11) is 0.124. The molecule has 1 amide bonds. The van der Waals surface area contributed by atoms with Crippen molar-refractivity contribution in [2.45, 2.75) is 27.7 Å². The van der Waals surface area contributed by atoms with E-state index in [1.54, 1.807) is 12.1 Å². The highest BCUT2D eigenvalue weighted by Crippen LogP contribution is 2.57. The number of hydrogen-bond donors (Lipinski definition) is 1. The Hall–Kier alpha value is -1.41. The topological polar surface area (TPSA) is 55.4 Å². The van der Waals surface area contributed by atoms with E-state index in [4.69, 9.17) is 4.74 Å². The number of carbonyl (C=O) groups excluding carboxylic acids is 2. The van der Waals surface area contributed by atoms with Crippen molar-refractivity contribution in [2.75, 3.05) is 37.1 Å². The van der Waals surface area contributed by atoms with E-state index in [2.05, 4.69) is 26.1 Å². The van der Waals surface area contributed by atoms with Gasteiger partial charge in [0.05, 0.1) is 36.8 Å². The zero-order valence-corrected chi connectivity index (χ0v) is 15.1. The van der Waals surface area contributed by atoms with Crippen molar-refractivity contribution in [2.24, 2.45) is 0 Å². The number of hydrogen-bond acceptors (Lipinski definition) is 3. The highest BCUT2D eigenvalue weighted by atomic mass is 31.2. The van der Waals surface area contributed by atoms with Crippen molar-refractivity contribution >= 4 is 24.8 Å². The summed E-state index contributed by atoms with van der Waals surface area (Å²) in [5, 5.41) is 2.94. The summed E-state index contributed by atoms with van der Waals surface area (Å²) >= 11 is 0. The third-order valence-electron chi connectivity index (χ3n) is 4.43. The molecular weight excluding hydrogens is 297 g/mol. The zero-order chi connectivity index (χ0) is 16.8. The fourth-order valence-electron chi connectivity index (χ4n) is 2.60. The second kappa shape index (κ2) is 8.28. The molecule has 0 heterocycles. The van der Waals surface area contributed by atoms with Gasteiger partial charge >= 0.3 is 5.97 Å². The quantitative estimate of drug-likeness (QED) is 0.613. The van der Waals surface area contributed by atoms with Crippen LogP contribution in [0, 0.1) is 6.92 Å². The first-order valence-corrected chi connectivity index (χ1v) is 10.3. The lowest BCUT2D eigenvalue weighted by atomic mass is 10.1. The Morgan fingerprint density at radius 1 is 1.14 bits per heavy atom. The van der Waals surface area contributed by atoms with Gasteiger partial charge in [0.2, 0.25) is 0 Å². The summed E-state index contributed by atoms with van der Waals surface area (Å²) in [5.74, 6) is -0.431. The molecule has 1 rings (SSSR count). The lowest BCUT2D eigenvalue weighted by Gasteiger charge is -2.23. The zero-order valence-electron chi connectivity index (χ0n) is 14.2. The van der Waals surface area contributed by atoms with Crippen LogP contribution in [0.2, 0.25) is 0 Å². The molecule has 0 atom stereocenters. The Morgan fingerprint density at radius 3 is 2.23 bits per heavy atom. The van der Waals surface area contributed by atoms with E-state index in [1.165, 1.54) is 7.11 Å².